The summed E-state index contributed by atoms with van der Waals surface area (Å²) in [7, 11) is 0. The molecule has 2 heterocycles. The maximum absolute atomic E-state index is 12.3. The van der Waals surface area contributed by atoms with Crippen LogP contribution < -0.4 is 5.32 Å². The van der Waals surface area contributed by atoms with Gasteiger partial charge in [0.05, 0.1) is 17.9 Å². The number of aromatic nitrogens is 3. The van der Waals surface area contributed by atoms with Gasteiger partial charge < -0.3 is 4.74 Å². The van der Waals surface area contributed by atoms with Crippen LogP contribution in [0.1, 0.15) is 32.6 Å². The molecule has 3 rings (SSSR count). The van der Waals surface area contributed by atoms with Crippen molar-refractivity contribution in [2.24, 2.45) is 0 Å². The van der Waals surface area contributed by atoms with Crippen molar-refractivity contribution in [1.29, 1.82) is 0 Å². The van der Waals surface area contributed by atoms with E-state index in [1.807, 2.05) is 30.3 Å². The molecule has 8 heteroatoms. The predicted molar refractivity (Wildman–Crippen MR) is 98.2 cm³/mol. The molecule has 0 fully saturated rings. The summed E-state index contributed by atoms with van der Waals surface area (Å²) < 4.78 is 4.97. The number of rotatable bonds is 5. The van der Waals surface area contributed by atoms with Crippen molar-refractivity contribution in [3.8, 4) is 11.4 Å². The van der Waals surface area contributed by atoms with E-state index in [0.717, 1.165) is 16.9 Å². The van der Waals surface area contributed by atoms with E-state index in [9.17, 15) is 9.59 Å². The van der Waals surface area contributed by atoms with Gasteiger partial charge in [0.2, 0.25) is 0 Å². The predicted octanol–water partition coefficient (Wildman–Crippen LogP) is 3.34. The SMILES string of the molecule is CCOC(=O)c1sc(NC(=O)c2cnc(-c3ccccc3)nc2)nc1C. The monoisotopic (exact) mass is 368 g/mol. The average molecular weight is 368 g/mol. The third kappa shape index (κ3) is 3.92. The van der Waals surface area contributed by atoms with Crippen LogP contribution in [0.2, 0.25) is 0 Å². The normalized spacial score (nSPS) is 10.4. The Morgan fingerprint density at radius 1 is 1.15 bits per heavy atom. The molecule has 0 atom stereocenters. The third-order valence-electron chi connectivity index (χ3n) is 3.42. The summed E-state index contributed by atoms with van der Waals surface area (Å²) in [5, 5.41) is 2.98. The zero-order valence-corrected chi connectivity index (χ0v) is 15.0. The lowest BCUT2D eigenvalue weighted by Crippen LogP contribution is -2.12. The molecule has 0 radical (unpaired) electrons. The number of nitrogens with one attached hydrogen (secondary N) is 1. The molecule has 0 bridgehead atoms. The quantitative estimate of drug-likeness (QED) is 0.694. The molecule has 1 amide bonds. The Kier molecular flexibility index (Phi) is 5.33. The molecule has 1 N–H and O–H groups in total. The van der Waals surface area contributed by atoms with Gasteiger partial charge in [-0.15, -0.1) is 0 Å². The highest BCUT2D eigenvalue weighted by Gasteiger charge is 2.18. The Balaban J connectivity index is 1.72. The molecule has 3 aromatic rings. The van der Waals surface area contributed by atoms with Gasteiger partial charge >= 0.3 is 5.97 Å². The number of nitrogens with zero attached hydrogens (tertiary/aromatic N) is 3. The molecule has 0 aliphatic rings. The number of benzene rings is 1. The lowest BCUT2D eigenvalue weighted by atomic mass is 10.2. The fourth-order valence-corrected chi connectivity index (χ4v) is 3.04. The molecule has 132 valence electrons. The second kappa shape index (κ2) is 7.83. The number of hydrogen-bond donors (Lipinski definition) is 1. The number of esters is 1. The van der Waals surface area contributed by atoms with Gasteiger partial charge in [-0.05, 0) is 13.8 Å². The van der Waals surface area contributed by atoms with Gasteiger partial charge in [0.1, 0.15) is 4.88 Å². The number of carbonyl (C=O) groups excluding carboxylic acids is 2. The first-order valence-corrected chi connectivity index (χ1v) is 8.73. The molecule has 0 saturated heterocycles. The summed E-state index contributed by atoms with van der Waals surface area (Å²) in [6.07, 6.45) is 2.91. The van der Waals surface area contributed by atoms with Gasteiger partial charge in [0.25, 0.3) is 5.91 Å². The van der Waals surface area contributed by atoms with Gasteiger partial charge in [-0.1, -0.05) is 41.7 Å². The maximum atomic E-state index is 12.3. The average Bonchev–Trinajstić information content (AvgIpc) is 3.03. The molecule has 26 heavy (non-hydrogen) atoms. The smallest absolute Gasteiger partial charge is 0.350 e. The Labute approximate surface area is 154 Å². The van der Waals surface area contributed by atoms with Crippen molar-refractivity contribution in [3.05, 3.63) is 58.9 Å². The number of ether oxygens (including phenoxy) is 1. The van der Waals surface area contributed by atoms with E-state index in [4.69, 9.17) is 4.74 Å². The van der Waals surface area contributed by atoms with Crippen LogP contribution in [0.3, 0.4) is 0 Å². The molecular weight excluding hydrogens is 352 g/mol. The summed E-state index contributed by atoms with van der Waals surface area (Å²) in [5.41, 5.74) is 1.68. The number of carbonyl (C=O) groups is 2. The second-order valence-corrected chi connectivity index (χ2v) is 6.27. The minimum atomic E-state index is -0.446. The van der Waals surface area contributed by atoms with Crippen LogP contribution in [0.5, 0.6) is 0 Å². The summed E-state index contributed by atoms with van der Waals surface area (Å²) in [5.74, 6) is -0.302. The molecule has 2 aromatic heterocycles. The highest BCUT2D eigenvalue weighted by atomic mass is 32.1. The van der Waals surface area contributed by atoms with Crippen LogP contribution in [0.4, 0.5) is 5.13 Å². The zero-order valence-electron chi connectivity index (χ0n) is 14.2. The zero-order chi connectivity index (χ0) is 18.5. The van der Waals surface area contributed by atoms with E-state index >= 15 is 0 Å². The number of hydrogen-bond acceptors (Lipinski definition) is 7. The minimum absolute atomic E-state index is 0.281. The van der Waals surface area contributed by atoms with E-state index in [0.29, 0.717) is 27.1 Å². The fraction of sp³-hybridized carbons (Fsp3) is 0.167. The van der Waals surface area contributed by atoms with E-state index in [1.165, 1.54) is 12.4 Å². The van der Waals surface area contributed by atoms with Crippen LogP contribution in [0.25, 0.3) is 11.4 Å². The van der Waals surface area contributed by atoms with E-state index < -0.39 is 11.9 Å². The molecule has 0 aliphatic carbocycles. The first-order valence-electron chi connectivity index (χ1n) is 7.92. The highest BCUT2D eigenvalue weighted by molar-refractivity contribution is 7.17. The molecule has 0 spiro atoms. The summed E-state index contributed by atoms with van der Waals surface area (Å²) in [6.45, 7) is 3.70. The maximum Gasteiger partial charge on any atom is 0.350 e. The van der Waals surface area contributed by atoms with Crippen molar-refractivity contribution in [2.45, 2.75) is 13.8 Å². The topological polar surface area (TPSA) is 94.1 Å². The number of anilines is 1. The van der Waals surface area contributed by atoms with Crippen LogP contribution in [-0.4, -0.2) is 33.4 Å². The second-order valence-electron chi connectivity index (χ2n) is 5.27. The van der Waals surface area contributed by atoms with Crippen LogP contribution in [0.15, 0.2) is 42.7 Å². The molecule has 0 unspecified atom stereocenters. The van der Waals surface area contributed by atoms with Crippen molar-refractivity contribution >= 4 is 28.3 Å². The van der Waals surface area contributed by atoms with Gasteiger partial charge in [-0.2, -0.15) is 0 Å². The summed E-state index contributed by atoms with van der Waals surface area (Å²) >= 11 is 1.07. The highest BCUT2D eigenvalue weighted by Crippen LogP contribution is 2.24. The van der Waals surface area contributed by atoms with Crippen LogP contribution >= 0.6 is 11.3 Å². The molecule has 1 aromatic carbocycles. The molecule has 0 saturated carbocycles. The fourth-order valence-electron chi connectivity index (χ4n) is 2.19. The molecule has 7 nitrogen and oxygen atoms in total. The number of aryl methyl sites for hydroxylation is 1. The number of amides is 1. The Bertz CT molecular complexity index is 923. The summed E-state index contributed by atoms with van der Waals surface area (Å²) in [6, 6.07) is 9.48. The largest absolute Gasteiger partial charge is 0.462 e. The van der Waals surface area contributed by atoms with Crippen molar-refractivity contribution in [1.82, 2.24) is 15.0 Å². The van der Waals surface area contributed by atoms with Crippen LogP contribution in [-0.2, 0) is 4.74 Å². The third-order valence-corrected chi connectivity index (χ3v) is 4.48. The first-order chi connectivity index (χ1) is 12.6. The Morgan fingerprint density at radius 2 is 1.85 bits per heavy atom. The standard InChI is InChI=1S/C18H16N4O3S/c1-3-25-17(24)14-11(2)21-18(26-14)22-16(23)13-9-19-15(20-10-13)12-7-5-4-6-8-12/h4-10H,3H2,1-2H3,(H,21,22,23). The van der Waals surface area contributed by atoms with Gasteiger partial charge in [0, 0.05) is 18.0 Å². The number of thiazole rings is 1. The lowest BCUT2D eigenvalue weighted by Gasteiger charge is -2.03. The van der Waals surface area contributed by atoms with E-state index in [1.54, 1.807) is 13.8 Å². The van der Waals surface area contributed by atoms with Gasteiger partial charge in [-0.3, -0.25) is 10.1 Å². The minimum Gasteiger partial charge on any atom is -0.462 e. The Morgan fingerprint density at radius 3 is 2.50 bits per heavy atom. The lowest BCUT2D eigenvalue weighted by molar-refractivity contribution is 0.0531. The Hall–Kier alpha value is -3.13. The first kappa shape index (κ1) is 17.7. The van der Waals surface area contributed by atoms with Crippen molar-refractivity contribution in [3.63, 3.8) is 0 Å². The van der Waals surface area contributed by atoms with Crippen molar-refractivity contribution in [2.75, 3.05) is 11.9 Å². The van der Waals surface area contributed by atoms with Gasteiger partial charge in [-0.25, -0.2) is 19.7 Å². The van der Waals surface area contributed by atoms with Crippen LogP contribution in [0, 0.1) is 6.92 Å². The molecular formula is C18H16N4O3S. The van der Waals surface area contributed by atoms with E-state index in [-0.39, 0.29) is 6.61 Å². The van der Waals surface area contributed by atoms with Crippen molar-refractivity contribution < 1.29 is 14.3 Å². The van der Waals surface area contributed by atoms with E-state index in [2.05, 4.69) is 20.3 Å². The summed E-state index contributed by atoms with van der Waals surface area (Å²) in [4.78, 5) is 37.2. The molecule has 0 aliphatic heterocycles. The van der Waals surface area contributed by atoms with Gasteiger partial charge in [0.15, 0.2) is 11.0 Å².